The molecule has 4 rings (SSSR count). The maximum atomic E-state index is 13.3. The zero-order valence-electron chi connectivity index (χ0n) is 17.4. The standard InChI is InChI=1S/C22H20ClN5O3S/c1-30-18-6-5-15(28-20(18)31-2)12-26-19(29)16-10-17(14-4-3-7-24-11-14)27-13-22(16,23)21-25-8-9-32-21/h3-11,13,16H,12H2,1-2H3,(H,26,29). The molecule has 3 aromatic rings. The summed E-state index contributed by atoms with van der Waals surface area (Å²) in [5.74, 6) is -0.168. The zero-order valence-corrected chi connectivity index (χ0v) is 18.9. The highest BCUT2D eigenvalue weighted by Gasteiger charge is 2.45. The maximum Gasteiger partial charge on any atom is 0.257 e. The third-order valence-corrected chi connectivity index (χ3v) is 6.46. The SMILES string of the molecule is COc1ccc(CNC(=O)C2C=C(c3cccnc3)N=CC2(Cl)c2nccs2)nc1OC. The molecule has 0 aromatic carbocycles. The topological polar surface area (TPSA) is 98.6 Å². The Bertz CT molecular complexity index is 1150. The van der Waals surface area contributed by atoms with Gasteiger partial charge in [-0.25, -0.2) is 9.97 Å². The Balaban J connectivity index is 1.60. The van der Waals surface area contributed by atoms with Gasteiger partial charge in [-0.3, -0.25) is 14.8 Å². The lowest BCUT2D eigenvalue weighted by atomic mass is 9.88. The fourth-order valence-electron chi connectivity index (χ4n) is 3.27. The minimum atomic E-state index is -1.20. The summed E-state index contributed by atoms with van der Waals surface area (Å²) in [6, 6.07) is 7.19. The number of nitrogens with zero attached hydrogens (tertiary/aromatic N) is 4. The summed E-state index contributed by atoms with van der Waals surface area (Å²) >= 11 is 8.32. The van der Waals surface area contributed by atoms with Crippen molar-refractivity contribution in [3.05, 3.63) is 70.6 Å². The summed E-state index contributed by atoms with van der Waals surface area (Å²) in [7, 11) is 3.05. The molecule has 3 aromatic heterocycles. The normalized spacial score (nSPS) is 19.8. The molecular weight excluding hydrogens is 450 g/mol. The predicted octanol–water partition coefficient (Wildman–Crippen LogP) is 3.44. The van der Waals surface area contributed by atoms with E-state index in [1.807, 2.05) is 17.5 Å². The van der Waals surface area contributed by atoms with E-state index in [1.165, 1.54) is 25.6 Å². The molecule has 2 unspecified atom stereocenters. The van der Waals surface area contributed by atoms with Crippen molar-refractivity contribution in [1.82, 2.24) is 20.3 Å². The number of aliphatic imine (C=N–C) groups is 1. The number of carbonyl (C=O) groups is 1. The second kappa shape index (κ2) is 9.46. The maximum absolute atomic E-state index is 13.3. The molecule has 0 aliphatic carbocycles. The highest BCUT2D eigenvalue weighted by Crippen LogP contribution is 2.42. The summed E-state index contributed by atoms with van der Waals surface area (Å²) in [4.78, 5) is 29.5. The first-order chi connectivity index (χ1) is 15.5. The largest absolute Gasteiger partial charge is 0.491 e. The molecule has 1 N–H and O–H groups in total. The van der Waals surface area contributed by atoms with Crippen molar-refractivity contribution in [3.63, 3.8) is 0 Å². The molecule has 4 heterocycles. The van der Waals surface area contributed by atoms with Crippen LogP contribution in [-0.2, 0) is 16.2 Å². The van der Waals surface area contributed by atoms with E-state index in [9.17, 15) is 4.79 Å². The number of ether oxygens (including phenoxy) is 2. The van der Waals surface area contributed by atoms with Gasteiger partial charge in [-0.05, 0) is 30.3 Å². The minimum Gasteiger partial charge on any atom is -0.491 e. The van der Waals surface area contributed by atoms with Crippen LogP contribution in [0.5, 0.6) is 11.6 Å². The number of thiazole rings is 1. The van der Waals surface area contributed by atoms with Crippen molar-refractivity contribution in [3.8, 4) is 11.6 Å². The number of aromatic nitrogens is 3. The van der Waals surface area contributed by atoms with Gasteiger partial charge in [0, 0.05) is 35.7 Å². The number of hydrogen-bond donors (Lipinski definition) is 1. The van der Waals surface area contributed by atoms with Crippen LogP contribution in [0.1, 0.15) is 16.3 Å². The van der Waals surface area contributed by atoms with Crippen molar-refractivity contribution in [2.24, 2.45) is 10.9 Å². The molecule has 0 radical (unpaired) electrons. The second-order valence-electron chi connectivity index (χ2n) is 6.87. The summed E-state index contributed by atoms with van der Waals surface area (Å²) in [6.07, 6.45) is 8.35. The van der Waals surface area contributed by atoms with E-state index in [4.69, 9.17) is 21.1 Å². The summed E-state index contributed by atoms with van der Waals surface area (Å²) in [5.41, 5.74) is 2.03. The first-order valence-electron chi connectivity index (χ1n) is 9.67. The molecule has 164 valence electrons. The van der Waals surface area contributed by atoms with Crippen LogP contribution in [0.15, 0.2) is 59.3 Å². The Labute approximate surface area is 194 Å². The van der Waals surface area contributed by atoms with E-state index in [1.54, 1.807) is 43.0 Å². The number of carbonyl (C=O) groups excluding carboxylic acids is 1. The van der Waals surface area contributed by atoms with Gasteiger partial charge < -0.3 is 14.8 Å². The van der Waals surface area contributed by atoms with Crippen LogP contribution >= 0.6 is 22.9 Å². The third kappa shape index (κ3) is 4.35. The van der Waals surface area contributed by atoms with Crippen LogP contribution in [0, 0.1) is 5.92 Å². The van der Waals surface area contributed by atoms with E-state index in [0.29, 0.717) is 28.0 Å². The number of nitrogens with one attached hydrogen (secondary N) is 1. The van der Waals surface area contributed by atoms with Gasteiger partial charge >= 0.3 is 0 Å². The van der Waals surface area contributed by atoms with Gasteiger partial charge in [-0.2, -0.15) is 0 Å². The average molecular weight is 470 g/mol. The molecule has 8 nitrogen and oxygen atoms in total. The Morgan fingerprint density at radius 1 is 1.25 bits per heavy atom. The first-order valence-corrected chi connectivity index (χ1v) is 10.9. The van der Waals surface area contributed by atoms with Gasteiger partial charge in [0.2, 0.25) is 5.91 Å². The zero-order chi connectivity index (χ0) is 22.6. The lowest BCUT2D eigenvalue weighted by Gasteiger charge is -2.30. The smallest absolute Gasteiger partial charge is 0.257 e. The number of methoxy groups -OCH3 is 2. The number of pyridine rings is 2. The number of rotatable bonds is 7. The number of halogens is 1. The summed E-state index contributed by atoms with van der Waals surface area (Å²) in [5, 5.41) is 5.33. The summed E-state index contributed by atoms with van der Waals surface area (Å²) < 4.78 is 10.4. The molecule has 10 heteroatoms. The van der Waals surface area contributed by atoms with Gasteiger partial charge in [-0.15, -0.1) is 22.9 Å². The molecule has 0 fully saturated rings. The molecule has 0 bridgehead atoms. The van der Waals surface area contributed by atoms with E-state index >= 15 is 0 Å². The fourth-order valence-corrected chi connectivity index (χ4v) is 4.40. The molecule has 2 atom stereocenters. The van der Waals surface area contributed by atoms with E-state index in [2.05, 4.69) is 25.3 Å². The van der Waals surface area contributed by atoms with E-state index in [-0.39, 0.29) is 12.5 Å². The molecule has 1 amide bonds. The Morgan fingerprint density at radius 3 is 2.81 bits per heavy atom. The van der Waals surface area contributed by atoms with Crippen LogP contribution in [0.4, 0.5) is 0 Å². The molecule has 32 heavy (non-hydrogen) atoms. The first kappa shape index (κ1) is 21.9. The van der Waals surface area contributed by atoms with Gasteiger partial charge in [0.1, 0.15) is 9.88 Å². The number of hydrogen-bond acceptors (Lipinski definition) is 8. The highest BCUT2D eigenvalue weighted by molar-refractivity contribution is 7.10. The molecule has 1 aliphatic rings. The second-order valence-corrected chi connectivity index (χ2v) is 8.39. The molecule has 0 saturated carbocycles. The fraction of sp³-hybridized carbons (Fsp3) is 0.227. The van der Waals surface area contributed by atoms with Gasteiger partial charge in [0.25, 0.3) is 5.88 Å². The summed E-state index contributed by atoms with van der Waals surface area (Å²) in [6.45, 7) is 0.188. The van der Waals surface area contributed by atoms with Crippen molar-refractivity contribution in [2.45, 2.75) is 11.4 Å². The van der Waals surface area contributed by atoms with Crippen molar-refractivity contribution in [1.29, 1.82) is 0 Å². The van der Waals surface area contributed by atoms with Crippen LogP contribution in [0.2, 0.25) is 0 Å². The van der Waals surface area contributed by atoms with Crippen LogP contribution in [0.3, 0.4) is 0 Å². The van der Waals surface area contributed by atoms with Crippen molar-refractivity contribution < 1.29 is 14.3 Å². The van der Waals surface area contributed by atoms with Crippen LogP contribution < -0.4 is 14.8 Å². The Hall–Kier alpha value is -3.30. The van der Waals surface area contributed by atoms with E-state index < -0.39 is 10.8 Å². The van der Waals surface area contributed by atoms with Crippen LogP contribution in [0.25, 0.3) is 5.70 Å². The van der Waals surface area contributed by atoms with Crippen molar-refractivity contribution in [2.75, 3.05) is 14.2 Å². The Kier molecular flexibility index (Phi) is 6.48. The number of amides is 1. The quantitative estimate of drug-likeness (QED) is 0.532. The van der Waals surface area contributed by atoms with Crippen LogP contribution in [-0.4, -0.2) is 41.3 Å². The Morgan fingerprint density at radius 2 is 2.12 bits per heavy atom. The molecular formula is C22H20ClN5O3S. The number of alkyl halides is 1. The average Bonchev–Trinajstić information content (AvgIpc) is 3.39. The molecule has 0 spiro atoms. The highest BCUT2D eigenvalue weighted by atomic mass is 35.5. The lowest BCUT2D eigenvalue weighted by Crippen LogP contribution is -2.43. The molecule has 0 saturated heterocycles. The minimum absolute atomic E-state index is 0.188. The third-order valence-electron chi connectivity index (χ3n) is 4.91. The predicted molar refractivity (Wildman–Crippen MR) is 123 cm³/mol. The van der Waals surface area contributed by atoms with E-state index in [0.717, 1.165) is 5.56 Å². The lowest BCUT2D eigenvalue weighted by molar-refractivity contribution is -0.124. The van der Waals surface area contributed by atoms with Gasteiger partial charge in [0.15, 0.2) is 5.75 Å². The van der Waals surface area contributed by atoms with Gasteiger partial charge in [0.05, 0.1) is 38.1 Å². The monoisotopic (exact) mass is 469 g/mol. The van der Waals surface area contributed by atoms with Gasteiger partial charge in [-0.1, -0.05) is 0 Å². The molecule has 1 aliphatic heterocycles. The van der Waals surface area contributed by atoms with Crippen molar-refractivity contribution >= 4 is 40.8 Å².